The highest BCUT2D eigenvalue weighted by molar-refractivity contribution is 5.91. The number of hydrogen-bond acceptors (Lipinski definition) is 6. The van der Waals surface area contributed by atoms with Crippen molar-refractivity contribution in [1.29, 1.82) is 0 Å². The molecule has 0 radical (unpaired) electrons. The Bertz CT molecular complexity index is 1590. The molecule has 0 amide bonds. The number of hydrogen-bond donors (Lipinski definition) is 1. The van der Waals surface area contributed by atoms with Gasteiger partial charge in [-0.2, -0.15) is 0 Å². The van der Waals surface area contributed by atoms with Gasteiger partial charge in [-0.05, 0) is 47.5 Å². The average molecular weight is 600 g/mol. The molecule has 6 nitrogen and oxygen atoms in total. The summed E-state index contributed by atoms with van der Waals surface area (Å²) in [6.45, 7) is 2.40. The van der Waals surface area contributed by atoms with Gasteiger partial charge in [0.05, 0.1) is 5.56 Å². The van der Waals surface area contributed by atoms with E-state index in [9.17, 15) is 4.79 Å². The minimum atomic E-state index is -0.734. The van der Waals surface area contributed by atoms with Crippen molar-refractivity contribution >= 4 is 5.97 Å². The van der Waals surface area contributed by atoms with Crippen molar-refractivity contribution in [2.24, 2.45) is 0 Å². The molecule has 0 bridgehead atoms. The van der Waals surface area contributed by atoms with Crippen LogP contribution in [0.2, 0.25) is 0 Å². The van der Waals surface area contributed by atoms with E-state index in [1.165, 1.54) is 0 Å². The summed E-state index contributed by atoms with van der Waals surface area (Å²) in [5.74, 6) is 0.809. The van der Waals surface area contributed by atoms with E-state index in [1.54, 1.807) is 12.1 Å². The van der Waals surface area contributed by atoms with Gasteiger partial charge in [-0.25, -0.2) is 4.79 Å². The lowest BCUT2D eigenvalue weighted by molar-refractivity contribution is -0.0379. The summed E-state index contributed by atoms with van der Waals surface area (Å²) in [7, 11) is 0. The Morgan fingerprint density at radius 2 is 1.00 bits per heavy atom. The van der Waals surface area contributed by atoms with E-state index in [2.05, 4.69) is 5.32 Å². The van der Waals surface area contributed by atoms with Crippen molar-refractivity contribution in [3.05, 3.63) is 161 Å². The van der Waals surface area contributed by atoms with Gasteiger partial charge >= 0.3 is 5.97 Å². The first-order chi connectivity index (χ1) is 22.2. The summed E-state index contributed by atoms with van der Waals surface area (Å²) >= 11 is 0. The van der Waals surface area contributed by atoms with Crippen LogP contribution in [-0.4, -0.2) is 19.1 Å². The molecular weight excluding hydrogens is 562 g/mol. The molecule has 0 atom stereocenters. The summed E-state index contributed by atoms with van der Waals surface area (Å²) in [6, 6.07) is 43.1. The van der Waals surface area contributed by atoms with Crippen LogP contribution >= 0.6 is 0 Å². The lowest BCUT2D eigenvalue weighted by Crippen LogP contribution is -2.43. The monoisotopic (exact) mass is 599 g/mol. The molecular formula is C39H37NO5. The second-order valence-electron chi connectivity index (χ2n) is 11.1. The van der Waals surface area contributed by atoms with E-state index in [0.717, 1.165) is 35.3 Å². The highest BCUT2D eigenvalue weighted by atomic mass is 16.6. The van der Waals surface area contributed by atoms with Gasteiger partial charge in [0.25, 0.3) is 0 Å². The van der Waals surface area contributed by atoms with Crippen molar-refractivity contribution < 1.29 is 23.7 Å². The van der Waals surface area contributed by atoms with Crippen LogP contribution in [0.1, 0.15) is 45.5 Å². The van der Waals surface area contributed by atoms with Gasteiger partial charge in [-0.15, -0.1) is 0 Å². The number of benzene rings is 5. The highest BCUT2D eigenvalue weighted by Crippen LogP contribution is 2.42. The lowest BCUT2D eigenvalue weighted by Gasteiger charge is -2.37. The third kappa shape index (κ3) is 7.72. The Kier molecular flexibility index (Phi) is 9.73. The normalized spacial score (nSPS) is 13.9. The molecule has 6 heteroatoms. The Morgan fingerprint density at radius 1 is 0.578 bits per heavy atom. The smallest absolute Gasteiger partial charge is 0.339 e. The zero-order valence-corrected chi connectivity index (χ0v) is 25.2. The molecule has 1 aliphatic rings. The number of carbonyl (C=O) groups excluding carboxylic acids is 1. The van der Waals surface area contributed by atoms with Crippen LogP contribution in [0.25, 0.3) is 0 Å². The van der Waals surface area contributed by atoms with Gasteiger partial charge in [0, 0.05) is 12.8 Å². The van der Waals surface area contributed by atoms with Gasteiger partial charge in [-0.1, -0.05) is 121 Å². The first kappa shape index (κ1) is 30.0. The summed E-state index contributed by atoms with van der Waals surface area (Å²) in [5.41, 5.74) is 3.57. The first-order valence-corrected chi connectivity index (χ1v) is 15.4. The molecule has 0 aliphatic carbocycles. The predicted octanol–water partition coefficient (Wildman–Crippen LogP) is 7.86. The quantitative estimate of drug-likeness (QED) is 0.147. The molecule has 1 fully saturated rings. The lowest BCUT2D eigenvalue weighted by atomic mass is 9.84. The Balaban J connectivity index is 1.36. The SMILES string of the molecule is O=C(OC1(c2ccccc2)CCNCC1)c1cc(OCc2ccccc2)c(OCc2ccccc2)c(OCc2ccccc2)c1. The molecule has 228 valence electrons. The number of nitrogens with one attached hydrogen (secondary N) is 1. The summed E-state index contributed by atoms with van der Waals surface area (Å²) < 4.78 is 25.6. The standard InChI is InChI=1S/C39H37NO5/c41-38(45-39(21-23-40-24-22-39)34-19-11-4-12-20-34)33-25-35(42-27-30-13-5-1-6-14-30)37(44-29-32-17-9-3-10-18-32)36(26-33)43-28-31-15-7-2-8-16-31/h1-20,25-26,40H,21-24,27-29H2. The molecule has 5 aromatic rings. The third-order valence-corrected chi connectivity index (χ3v) is 7.96. The predicted molar refractivity (Wildman–Crippen MR) is 174 cm³/mol. The van der Waals surface area contributed by atoms with Crippen molar-refractivity contribution in [3.63, 3.8) is 0 Å². The fraction of sp³-hybridized carbons (Fsp3) is 0.205. The first-order valence-electron chi connectivity index (χ1n) is 15.4. The molecule has 5 aromatic carbocycles. The van der Waals surface area contributed by atoms with E-state index in [1.807, 2.05) is 121 Å². The number of ether oxygens (including phenoxy) is 4. The van der Waals surface area contributed by atoms with Gasteiger partial charge in [0.15, 0.2) is 11.5 Å². The summed E-state index contributed by atoms with van der Waals surface area (Å²) in [6.07, 6.45) is 1.35. The van der Waals surface area contributed by atoms with Crippen molar-refractivity contribution in [3.8, 4) is 17.2 Å². The van der Waals surface area contributed by atoms with Gasteiger partial charge in [0.1, 0.15) is 25.4 Å². The van der Waals surface area contributed by atoms with Crippen molar-refractivity contribution in [2.75, 3.05) is 13.1 Å². The van der Waals surface area contributed by atoms with E-state index < -0.39 is 11.6 Å². The Hall–Kier alpha value is -5.07. The zero-order valence-electron chi connectivity index (χ0n) is 25.2. The van der Waals surface area contributed by atoms with Crippen LogP contribution < -0.4 is 19.5 Å². The maximum Gasteiger partial charge on any atom is 0.339 e. The largest absolute Gasteiger partial charge is 0.485 e. The van der Waals surface area contributed by atoms with Crippen LogP contribution in [0.4, 0.5) is 0 Å². The summed E-state index contributed by atoms with van der Waals surface area (Å²) in [4.78, 5) is 14.0. The number of rotatable bonds is 12. The number of carbonyl (C=O) groups is 1. The minimum Gasteiger partial charge on any atom is -0.485 e. The average Bonchev–Trinajstić information content (AvgIpc) is 3.11. The van der Waals surface area contributed by atoms with E-state index in [0.29, 0.717) is 55.5 Å². The van der Waals surface area contributed by atoms with Crippen LogP contribution in [0, 0.1) is 0 Å². The fourth-order valence-electron chi connectivity index (χ4n) is 5.51. The molecule has 0 saturated carbocycles. The maximum absolute atomic E-state index is 14.0. The fourth-order valence-corrected chi connectivity index (χ4v) is 5.51. The van der Waals surface area contributed by atoms with Crippen LogP contribution in [0.3, 0.4) is 0 Å². The second-order valence-corrected chi connectivity index (χ2v) is 11.1. The van der Waals surface area contributed by atoms with Crippen molar-refractivity contribution in [1.82, 2.24) is 5.32 Å². The molecule has 6 rings (SSSR count). The maximum atomic E-state index is 14.0. The number of esters is 1. The zero-order chi connectivity index (χ0) is 30.7. The van der Waals surface area contributed by atoms with Crippen LogP contribution in [0.5, 0.6) is 17.2 Å². The molecule has 1 saturated heterocycles. The molecule has 1 aliphatic heterocycles. The second kappa shape index (κ2) is 14.6. The molecule has 1 heterocycles. The van der Waals surface area contributed by atoms with Crippen LogP contribution in [-0.2, 0) is 30.2 Å². The van der Waals surface area contributed by atoms with Crippen LogP contribution in [0.15, 0.2) is 133 Å². The van der Waals surface area contributed by atoms with Gasteiger partial charge in [0.2, 0.25) is 5.75 Å². The van der Waals surface area contributed by atoms with Gasteiger partial charge in [-0.3, -0.25) is 0 Å². The molecule has 45 heavy (non-hydrogen) atoms. The Labute approximate surface area is 264 Å². The van der Waals surface area contributed by atoms with Crippen molar-refractivity contribution in [2.45, 2.75) is 38.3 Å². The number of piperidine rings is 1. The van der Waals surface area contributed by atoms with E-state index >= 15 is 0 Å². The van der Waals surface area contributed by atoms with E-state index in [4.69, 9.17) is 18.9 Å². The molecule has 1 N–H and O–H groups in total. The molecule has 0 spiro atoms. The topological polar surface area (TPSA) is 66.0 Å². The minimum absolute atomic E-state index is 0.290. The molecule has 0 aromatic heterocycles. The summed E-state index contributed by atoms with van der Waals surface area (Å²) in [5, 5.41) is 3.39. The Morgan fingerprint density at radius 3 is 1.47 bits per heavy atom. The highest BCUT2D eigenvalue weighted by Gasteiger charge is 2.38. The third-order valence-electron chi connectivity index (χ3n) is 7.96. The van der Waals surface area contributed by atoms with Gasteiger partial charge < -0.3 is 24.3 Å². The molecule has 0 unspecified atom stereocenters. The van der Waals surface area contributed by atoms with E-state index in [-0.39, 0.29) is 0 Å².